The summed E-state index contributed by atoms with van der Waals surface area (Å²) in [5, 5.41) is 8.19. The lowest BCUT2D eigenvalue weighted by Gasteiger charge is -2.30. The van der Waals surface area contributed by atoms with Gasteiger partial charge in [-0.15, -0.1) is 16.4 Å². The minimum Gasteiger partial charge on any atom is -0.488 e. The summed E-state index contributed by atoms with van der Waals surface area (Å²) in [5.74, 6) is 0.988. The number of benzene rings is 2. The van der Waals surface area contributed by atoms with Crippen molar-refractivity contribution in [2.24, 2.45) is 7.05 Å². The van der Waals surface area contributed by atoms with E-state index >= 15 is 0 Å². The summed E-state index contributed by atoms with van der Waals surface area (Å²) in [7, 11) is 3.72. The number of rotatable bonds is 7. The molecule has 0 radical (unpaired) electrons. The number of nitrogens with zero attached hydrogens (tertiary/aromatic N) is 6. The quantitative estimate of drug-likeness (QED) is 0.293. The Morgan fingerprint density at radius 1 is 1.11 bits per heavy atom. The van der Waals surface area contributed by atoms with Crippen LogP contribution in [0.15, 0.2) is 48.4 Å². The van der Waals surface area contributed by atoms with Crippen LogP contribution in [-0.4, -0.2) is 62.5 Å². The van der Waals surface area contributed by atoms with Crippen molar-refractivity contribution in [3.05, 3.63) is 48.4 Å². The van der Waals surface area contributed by atoms with E-state index in [1.807, 2.05) is 35.8 Å². The highest BCUT2D eigenvalue weighted by Gasteiger charge is 2.23. The number of anilines is 2. The number of likely N-dealkylation sites (N-methyl/N-ethyl adjacent to an activating group) is 1. The summed E-state index contributed by atoms with van der Waals surface area (Å²) in [6, 6.07) is 9.56. The van der Waals surface area contributed by atoms with Gasteiger partial charge in [-0.3, -0.25) is 4.68 Å². The second-order valence-corrected chi connectivity index (χ2v) is 10.2. The van der Waals surface area contributed by atoms with E-state index in [0.717, 1.165) is 41.8 Å². The number of likely N-dealkylation sites (tertiary alicyclic amines) is 1. The van der Waals surface area contributed by atoms with E-state index in [-0.39, 0.29) is 12.0 Å². The summed E-state index contributed by atoms with van der Waals surface area (Å²) in [6.07, 6.45) is 4.99. The van der Waals surface area contributed by atoms with Crippen molar-refractivity contribution in [2.75, 3.05) is 25.5 Å². The van der Waals surface area contributed by atoms with Crippen LogP contribution in [0, 0.1) is 0 Å². The SMILES string of the molecule is CN1CCC[C@H](Oc2cc(-c3cn(C)nc3OC(F)F)cc3ncnc(Nc4ccc5ncsc5c4)c23)C1. The molecule has 6 rings (SSSR count). The number of aryl methyl sites for hydroxylation is 1. The maximum Gasteiger partial charge on any atom is 0.388 e. The fourth-order valence-corrected chi connectivity index (χ4v) is 5.52. The van der Waals surface area contributed by atoms with Crippen molar-refractivity contribution in [2.45, 2.75) is 25.6 Å². The predicted octanol–water partition coefficient (Wildman–Crippen LogP) is 5.46. The van der Waals surface area contributed by atoms with E-state index in [9.17, 15) is 8.78 Å². The monoisotopic (exact) mass is 537 g/mol. The van der Waals surface area contributed by atoms with Gasteiger partial charge in [0.1, 0.15) is 24.0 Å². The molecule has 1 aliphatic rings. The van der Waals surface area contributed by atoms with Crippen LogP contribution in [0.1, 0.15) is 12.8 Å². The lowest BCUT2D eigenvalue weighted by Crippen LogP contribution is -2.38. The van der Waals surface area contributed by atoms with Crippen molar-refractivity contribution in [3.63, 3.8) is 0 Å². The smallest absolute Gasteiger partial charge is 0.388 e. The molecule has 0 unspecified atom stereocenters. The van der Waals surface area contributed by atoms with E-state index in [1.54, 1.807) is 24.6 Å². The third-order valence-corrected chi connectivity index (χ3v) is 7.27. The van der Waals surface area contributed by atoms with Gasteiger partial charge in [0, 0.05) is 25.5 Å². The average molecular weight is 538 g/mol. The zero-order valence-corrected chi connectivity index (χ0v) is 21.6. The summed E-state index contributed by atoms with van der Waals surface area (Å²) in [5.41, 5.74) is 5.23. The fraction of sp³-hybridized carbons (Fsp3) is 0.308. The number of hydrogen-bond donors (Lipinski definition) is 1. The zero-order valence-electron chi connectivity index (χ0n) is 20.8. The highest BCUT2D eigenvalue weighted by atomic mass is 32.1. The summed E-state index contributed by atoms with van der Waals surface area (Å²) in [4.78, 5) is 15.6. The van der Waals surface area contributed by atoms with Gasteiger partial charge in [-0.1, -0.05) is 0 Å². The summed E-state index contributed by atoms with van der Waals surface area (Å²) >= 11 is 1.56. The topological polar surface area (TPSA) is 90.2 Å². The molecule has 0 saturated carbocycles. The van der Waals surface area contributed by atoms with Crippen LogP contribution in [0.25, 0.3) is 32.2 Å². The molecule has 1 atom stereocenters. The number of thiazole rings is 1. The largest absolute Gasteiger partial charge is 0.488 e. The highest BCUT2D eigenvalue weighted by Crippen LogP contribution is 2.40. The van der Waals surface area contributed by atoms with Crippen LogP contribution in [0.2, 0.25) is 0 Å². The predicted molar refractivity (Wildman–Crippen MR) is 142 cm³/mol. The Kier molecular flexibility index (Phi) is 6.50. The Bertz CT molecular complexity index is 1610. The first-order valence-corrected chi connectivity index (χ1v) is 13.0. The van der Waals surface area contributed by atoms with E-state index in [2.05, 4.69) is 37.3 Å². The van der Waals surface area contributed by atoms with Gasteiger partial charge in [-0.25, -0.2) is 15.0 Å². The summed E-state index contributed by atoms with van der Waals surface area (Å²) < 4.78 is 40.0. The molecule has 2 aromatic carbocycles. The number of nitrogens with one attached hydrogen (secondary N) is 1. The normalized spacial score (nSPS) is 16.4. The molecule has 38 heavy (non-hydrogen) atoms. The molecule has 12 heteroatoms. The Morgan fingerprint density at radius 3 is 2.84 bits per heavy atom. The minimum absolute atomic E-state index is 0.0421. The van der Waals surface area contributed by atoms with Gasteiger partial charge < -0.3 is 19.7 Å². The highest BCUT2D eigenvalue weighted by molar-refractivity contribution is 7.16. The molecule has 3 aromatic heterocycles. The molecule has 9 nitrogen and oxygen atoms in total. The van der Waals surface area contributed by atoms with Crippen LogP contribution in [0.5, 0.6) is 11.6 Å². The Hall–Kier alpha value is -3.90. The van der Waals surface area contributed by atoms with Crippen molar-refractivity contribution in [1.29, 1.82) is 0 Å². The third-order valence-electron chi connectivity index (χ3n) is 6.48. The maximum absolute atomic E-state index is 13.1. The van der Waals surface area contributed by atoms with Gasteiger partial charge in [0.25, 0.3) is 0 Å². The van der Waals surface area contributed by atoms with E-state index < -0.39 is 6.61 Å². The fourth-order valence-electron chi connectivity index (χ4n) is 4.80. The van der Waals surface area contributed by atoms with Gasteiger partial charge in [-0.2, -0.15) is 8.78 Å². The first-order chi connectivity index (χ1) is 18.4. The Labute approximate surface area is 221 Å². The molecule has 5 aromatic rings. The zero-order chi connectivity index (χ0) is 26.2. The Morgan fingerprint density at radius 2 is 2.00 bits per heavy atom. The van der Waals surface area contributed by atoms with Crippen molar-refractivity contribution < 1.29 is 18.3 Å². The number of piperidine rings is 1. The van der Waals surface area contributed by atoms with Crippen LogP contribution >= 0.6 is 11.3 Å². The van der Waals surface area contributed by atoms with Crippen LogP contribution in [0.4, 0.5) is 20.3 Å². The molecule has 1 saturated heterocycles. The number of fused-ring (bicyclic) bond motifs is 2. The lowest BCUT2D eigenvalue weighted by molar-refractivity contribution is -0.0527. The van der Waals surface area contributed by atoms with Crippen LogP contribution in [-0.2, 0) is 7.05 Å². The molecule has 0 amide bonds. The third kappa shape index (κ3) is 4.96. The Balaban J connectivity index is 1.46. The van der Waals surface area contributed by atoms with Gasteiger partial charge in [-0.05, 0) is 62.3 Å². The van der Waals surface area contributed by atoms with E-state index in [1.165, 1.54) is 11.0 Å². The molecule has 4 heterocycles. The second-order valence-electron chi connectivity index (χ2n) is 9.30. The first kappa shape index (κ1) is 24.4. The van der Waals surface area contributed by atoms with Gasteiger partial charge in [0.05, 0.1) is 32.2 Å². The molecule has 1 aliphatic heterocycles. The molecule has 0 spiro atoms. The van der Waals surface area contributed by atoms with Gasteiger partial charge in [0.15, 0.2) is 0 Å². The van der Waals surface area contributed by atoms with Crippen LogP contribution in [0.3, 0.4) is 0 Å². The van der Waals surface area contributed by atoms with Crippen LogP contribution < -0.4 is 14.8 Å². The van der Waals surface area contributed by atoms with E-state index in [4.69, 9.17) is 9.47 Å². The number of aromatic nitrogens is 5. The second kappa shape index (κ2) is 10.1. The maximum atomic E-state index is 13.1. The standard InChI is InChI=1S/C26H25F2N7O2S/c1-34-7-3-4-17(11-34)36-21-9-15(18-12-35(2)33-25(18)37-26(27)28)8-20-23(21)24(30-13-29-20)32-16-5-6-19-22(10-16)38-14-31-19/h5-6,8-10,12-14,17,26H,3-4,7,11H2,1-2H3,(H,29,30,32)/t17-/m0/s1. The molecule has 196 valence electrons. The van der Waals surface area contributed by atoms with Crippen molar-refractivity contribution >= 4 is 44.0 Å². The molecular weight excluding hydrogens is 512 g/mol. The number of alkyl halides is 2. The average Bonchev–Trinajstić information content (AvgIpc) is 3.49. The summed E-state index contributed by atoms with van der Waals surface area (Å²) in [6.45, 7) is -1.20. The number of hydrogen-bond acceptors (Lipinski definition) is 9. The molecule has 0 aliphatic carbocycles. The van der Waals surface area contributed by atoms with Crippen molar-refractivity contribution in [1.82, 2.24) is 29.6 Å². The number of ether oxygens (including phenoxy) is 2. The van der Waals surface area contributed by atoms with Gasteiger partial charge in [0.2, 0.25) is 5.88 Å². The van der Waals surface area contributed by atoms with E-state index in [0.29, 0.717) is 33.6 Å². The molecule has 1 N–H and O–H groups in total. The minimum atomic E-state index is -2.99. The lowest BCUT2D eigenvalue weighted by atomic mass is 10.0. The molecule has 0 bridgehead atoms. The molecule has 1 fully saturated rings. The van der Waals surface area contributed by atoms with Gasteiger partial charge >= 0.3 is 6.61 Å². The van der Waals surface area contributed by atoms with Crippen molar-refractivity contribution in [3.8, 4) is 22.8 Å². The molecular formula is C26H25F2N7O2S. The first-order valence-electron chi connectivity index (χ1n) is 12.2. The number of halogens is 2.